The molecule has 0 saturated carbocycles. The lowest BCUT2D eigenvalue weighted by molar-refractivity contribution is 0.0320. The average molecular weight is 494 g/mol. The largest absolute Gasteiger partial charge is 0.454 e. The molecule has 1 saturated heterocycles. The Morgan fingerprint density at radius 3 is 2.83 bits per heavy atom. The number of amides is 1. The van der Waals surface area contributed by atoms with Crippen molar-refractivity contribution in [3.8, 4) is 11.5 Å². The molecule has 2 aliphatic rings. The summed E-state index contributed by atoms with van der Waals surface area (Å²) in [6.07, 6.45) is 3.82. The van der Waals surface area contributed by atoms with E-state index in [9.17, 15) is 4.79 Å². The van der Waals surface area contributed by atoms with Gasteiger partial charge < -0.3 is 23.9 Å². The molecule has 0 bridgehead atoms. The maximum atomic E-state index is 12.6. The third-order valence-corrected chi connectivity index (χ3v) is 6.22. The highest BCUT2D eigenvalue weighted by molar-refractivity contribution is 5.91. The summed E-state index contributed by atoms with van der Waals surface area (Å²) in [5, 5.41) is 2.89. The molecule has 0 spiro atoms. The first kappa shape index (κ1) is 24.2. The highest BCUT2D eigenvalue weighted by Gasteiger charge is 2.19. The van der Waals surface area contributed by atoms with E-state index in [4.69, 9.17) is 18.6 Å². The summed E-state index contributed by atoms with van der Waals surface area (Å²) >= 11 is 0. The van der Waals surface area contributed by atoms with Crippen LogP contribution in [0.15, 0.2) is 53.3 Å². The van der Waals surface area contributed by atoms with Crippen LogP contribution in [0.2, 0.25) is 0 Å². The number of pyridine rings is 1. The van der Waals surface area contributed by atoms with Gasteiger partial charge in [-0.25, -0.2) is 4.98 Å². The number of oxazole rings is 1. The zero-order valence-corrected chi connectivity index (χ0v) is 20.2. The van der Waals surface area contributed by atoms with E-state index in [2.05, 4.69) is 25.1 Å². The van der Waals surface area contributed by atoms with Crippen molar-refractivity contribution in [1.29, 1.82) is 0 Å². The van der Waals surface area contributed by atoms with Gasteiger partial charge in [0.05, 0.1) is 19.8 Å². The van der Waals surface area contributed by atoms with Gasteiger partial charge in [0.2, 0.25) is 12.7 Å². The molecule has 1 fully saturated rings. The fourth-order valence-corrected chi connectivity index (χ4v) is 4.24. The number of aromatic nitrogens is 2. The summed E-state index contributed by atoms with van der Waals surface area (Å²) in [5.41, 5.74) is 2.32. The molecule has 0 unspecified atom stereocenters. The first-order chi connectivity index (χ1) is 17.7. The predicted octanol–water partition coefficient (Wildman–Crippen LogP) is 2.11. The van der Waals surface area contributed by atoms with Crippen molar-refractivity contribution in [2.45, 2.75) is 19.5 Å². The van der Waals surface area contributed by atoms with Crippen molar-refractivity contribution in [3.63, 3.8) is 0 Å². The second-order valence-corrected chi connectivity index (χ2v) is 8.81. The Kier molecular flexibility index (Phi) is 8.06. The number of carbonyl (C=O) groups is 1. The minimum Gasteiger partial charge on any atom is -0.454 e. The van der Waals surface area contributed by atoms with E-state index < -0.39 is 0 Å². The van der Waals surface area contributed by atoms with E-state index in [0.717, 1.165) is 62.1 Å². The van der Waals surface area contributed by atoms with Crippen LogP contribution in [0.1, 0.15) is 27.6 Å². The lowest BCUT2D eigenvalue weighted by Gasteiger charge is -2.29. The van der Waals surface area contributed by atoms with Crippen LogP contribution in [0.25, 0.3) is 0 Å². The lowest BCUT2D eigenvalue weighted by atomic mass is 10.2. The zero-order valence-electron chi connectivity index (χ0n) is 20.2. The number of nitrogens with zero attached hydrogens (tertiary/aromatic N) is 4. The van der Waals surface area contributed by atoms with Gasteiger partial charge in [-0.1, -0.05) is 12.1 Å². The molecular formula is C26H31N5O5. The number of rotatable bonds is 11. The molecule has 0 aliphatic carbocycles. The smallest absolute Gasteiger partial charge is 0.273 e. The molecule has 0 atom stereocenters. The average Bonchev–Trinajstić information content (AvgIpc) is 3.58. The molecular weight excluding hydrogens is 462 g/mol. The van der Waals surface area contributed by atoms with Gasteiger partial charge in [0.15, 0.2) is 17.2 Å². The summed E-state index contributed by atoms with van der Waals surface area (Å²) in [6.45, 7) is 7.03. The van der Waals surface area contributed by atoms with E-state index in [1.807, 2.05) is 36.4 Å². The Labute approximate surface area is 210 Å². The fourth-order valence-electron chi connectivity index (χ4n) is 4.24. The highest BCUT2D eigenvalue weighted by atomic mass is 16.7. The molecule has 4 heterocycles. The lowest BCUT2D eigenvalue weighted by Crippen LogP contribution is -2.41. The summed E-state index contributed by atoms with van der Waals surface area (Å²) < 4.78 is 22.1. The molecule has 10 heteroatoms. The molecule has 5 rings (SSSR count). The fraction of sp³-hybridized carbons (Fsp3) is 0.423. The number of nitrogens with one attached hydrogen (secondary N) is 1. The molecule has 2 aliphatic heterocycles. The van der Waals surface area contributed by atoms with Crippen LogP contribution < -0.4 is 14.8 Å². The maximum absolute atomic E-state index is 12.6. The van der Waals surface area contributed by atoms with E-state index in [1.54, 1.807) is 6.20 Å². The Balaban J connectivity index is 1.19. The van der Waals surface area contributed by atoms with Crippen LogP contribution in [0, 0.1) is 0 Å². The van der Waals surface area contributed by atoms with Gasteiger partial charge in [0.1, 0.15) is 6.26 Å². The molecule has 2 aromatic heterocycles. The second-order valence-electron chi connectivity index (χ2n) is 8.81. The third-order valence-electron chi connectivity index (χ3n) is 6.22. The number of fused-ring (bicyclic) bond motifs is 1. The monoisotopic (exact) mass is 493 g/mol. The van der Waals surface area contributed by atoms with Crippen molar-refractivity contribution < 1.29 is 23.4 Å². The van der Waals surface area contributed by atoms with Gasteiger partial charge in [-0.2, -0.15) is 0 Å². The van der Waals surface area contributed by atoms with E-state index in [1.165, 1.54) is 6.26 Å². The number of carbonyl (C=O) groups excluding carboxylic acids is 1. The van der Waals surface area contributed by atoms with Crippen molar-refractivity contribution in [2.75, 3.05) is 52.7 Å². The summed E-state index contributed by atoms with van der Waals surface area (Å²) in [7, 11) is 0. The standard InChI is InChI=1S/C26H31N5O5/c32-26(28-8-6-21-3-1-2-7-27-21)22-18-34-25(29-22)17-31(10-9-30-11-13-33-14-12-30)16-20-4-5-23-24(15-20)36-19-35-23/h1-5,7,15,18H,6,8-14,16-17,19H2,(H,28,32). The number of ether oxygens (including phenoxy) is 3. The number of hydrogen-bond acceptors (Lipinski definition) is 9. The Morgan fingerprint density at radius 1 is 1.08 bits per heavy atom. The van der Waals surface area contributed by atoms with E-state index >= 15 is 0 Å². The van der Waals surface area contributed by atoms with Crippen molar-refractivity contribution in [2.24, 2.45) is 0 Å². The van der Waals surface area contributed by atoms with E-state index in [-0.39, 0.29) is 18.4 Å². The summed E-state index contributed by atoms with van der Waals surface area (Å²) in [6, 6.07) is 11.7. The quantitative estimate of drug-likeness (QED) is 0.430. The first-order valence-electron chi connectivity index (χ1n) is 12.3. The molecule has 190 valence electrons. The van der Waals surface area contributed by atoms with Gasteiger partial charge in [0, 0.05) is 57.6 Å². The third kappa shape index (κ3) is 6.60. The molecule has 36 heavy (non-hydrogen) atoms. The Morgan fingerprint density at radius 2 is 1.97 bits per heavy atom. The zero-order chi connectivity index (χ0) is 24.6. The predicted molar refractivity (Wildman–Crippen MR) is 131 cm³/mol. The van der Waals surface area contributed by atoms with Crippen molar-refractivity contribution in [3.05, 3.63) is 71.7 Å². The molecule has 0 radical (unpaired) electrons. The molecule has 10 nitrogen and oxygen atoms in total. The van der Waals surface area contributed by atoms with Gasteiger partial charge in [-0.05, 0) is 29.8 Å². The second kappa shape index (κ2) is 12.0. The Bertz CT molecular complexity index is 1130. The van der Waals surface area contributed by atoms with Crippen LogP contribution in [0.5, 0.6) is 11.5 Å². The molecule has 1 aromatic carbocycles. The van der Waals surface area contributed by atoms with Crippen LogP contribution in [-0.2, 0) is 24.2 Å². The summed E-state index contributed by atoms with van der Waals surface area (Å²) in [5.74, 6) is 1.79. The van der Waals surface area contributed by atoms with E-state index in [0.29, 0.717) is 31.9 Å². The highest BCUT2D eigenvalue weighted by Crippen LogP contribution is 2.32. The number of hydrogen-bond donors (Lipinski definition) is 1. The first-order valence-corrected chi connectivity index (χ1v) is 12.3. The molecule has 1 amide bonds. The maximum Gasteiger partial charge on any atom is 0.273 e. The van der Waals surface area contributed by atoms with Gasteiger partial charge in [0.25, 0.3) is 5.91 Å². The molecule has 1 N–H and O–H groups in total. The van der Waals surface area contributed by atoms with Crippen LogP contribution in [0.3, 0.4) is 0 Å². The van der Waals surface area contributed by atoms with Crippen LogP contribution in [-0.4, -0.2) is 78.4 Å². The topological polar surface area (TPSA) is 102 Å². The van der Waals surface area contributed by atoms with Gasteiger partial charge in [-0.3, -0.25) is 19.6 Å². The van der Waals surface area contributed by atoms with Crippen molar-refractivity contribution in [1.82, 2.24) is 25.1 Å². The van der Waals surface area contributed by atoms with Crippen molar-refractivity contribution >= 4 is 5.91 Å². The minimum atomic E-state index is -0.253. The Hall–Kier alpha value is -3.47. The summed E-state index contributed by atoms with van der Waals surface area (Å²) in [4.78, 5) is 25.9. The van der Waals surface area contributed by atoms with Crippen LogP contribution in [0.4, 0.5) is 0 Å². The SMILES string of the molecule is O=C(NCCc1ccccn1)c1coc(CN(CCN2CCOCC2)Cc2ccc3c(c2)OCO3)n1. The van der Waals surface area contributed by atoms with Crippen LogP contribution >= 0.6 is 0 Å². The van der Waals surface area contributed by atoms with Gasteiger partial charge >= 0.3 is 0 Å². The minimum absolute atomic E-state index is 0.253. The normalized spacial score (nSPS) is 15.4. The molecule has 3 aromatic rings. The number of morpholine rings is 1. The number of benzene rings is 1. The van der Waals surface area contributed by atoms with Gasteiger partial charge in [-0.15, -0.1) is 0 Å².